The summed E-state index contributed by atoms with van der Waals surface area (Å²) in [4.78, 5) is 30.3. The molecule has 9 nitrogen and oxygen atoms in total. The van der Waals surface area contributed by atoms with E-state index >= 15 is 0 Å². The molecule has 0 spiro atoms. The number of H-pyrrole nitrogens is 1. The minimum Gasteiger partial charge on any atom is -0.550 e. The molecule has 0 bridgehead atoms. The number of carboxylic acids is 2. The van der Waals surface area contributed by atoms with Gasteiger partial charge in [-0.25, -0.2) is 9.37 Å². The number of phenols is 1. The predicted octanol–water partition coefficient (Wildman–Crippen LogP) is 0.999. The summed E-state index contributed by atoms with van der Waals surface area (Å²) >= 11 is 0. The van der Waals surface area contributed by atoms with Crippen LogP contribution in [0.3, 0.4) is 0 Å². The summed E-state index contributed by atoms with van der Waals surface area (Å²) in [6.07, 6.45) is -0.884. The van der Waals surface area contributed by atoms with Gasteiger partial charge in [0.25, 0.3) is 0 Å². The van der Waals surface area contributed by atoms with Crippen molar-refractivity contribution in [3.8, 4) is 28.3 Å². The molecule has 0 aliphatic carbocycles. The zero-order valence-corrected chi connectivity index (χ0v) is 17.5. The van der Waals surface area contributed by atoms with Crippen LogP contribution in [0.25, 0.3) is 33.5 Å². The van der Waals surface area contributed by atoms with Gasteiger partial charge in [0.05, 0.1) is 16.6 Å². The van der Waals surface area contributed by atoms with Gasteiger partial charge < -0.3 is 35.6 Å². The van der Waals surface area contributed by atoms with Gasteiger partial charge in [-0.2, -0.15) is 0 Å². The molecule has 4 aromatic rings. The van der Waals surface area contributed by atoms with Crippen molar-refractivity contribution in [3.05, 3.63) is 71.5 Å². The predicted molar refractivity (Wildman–Crippen MR) is 117 cm³/mol. The lowest BCUT2D eigenvalue weighted by Crippen LogP contribution is -2.34. The Morgan fingerprint density at radius 3 is 2.44 bits per heavy atom. The zero-order valence-electron chi connectivity index (χ0n) is 17.5. The number of nitrogens with zero attached hydrogens (tertiary/aromatic N) is 1. The number of imidazole rings is 1. The Morgan fingerprint density at radius 1 is 1.09 bits per heavy atom. The van der Waals surface area contributed by atoms with Crippen molar-refractivity contribution in [3.63, 3.8) is 0 Å². The Kier molecular flexibility index (Phi) is 5.72. The molecule has 0 saturated heterocycles. The maximum absolute atomic E-state index is 14.6. The molecule has 172 valence electrons. The summed E-state index contributed by atoms with van der Waals surface area (Å²) in [5.41, 5.74) is 6.79. The normalized spacial score (nSPS) is 11.9. The molecule has 0 aliphatic heterocycles. The number of carboxylic acid groups (broad SMARTS) is 2. The zero-order chi connectivity index (χ0) is 24.6. The van der Waals surface area contributed by atoms with Crippen LogP contribution in [0.1, 0.15) is 23.5 Å². The molecular formula is C24H17FN4O5-2. The van der Waals surface area contributed by atoms with E-state index in [2.05, 4.69) is 9.97 Å². The number of carbonyl (C=O) groups is 2. The van der Waals surface area contributed by atoms with Crippen molar-refractivity contribution in [2.75, 3.05) is 0 Å². The van der Waals surface area contributed by atoms with E-state index in [1.54, 1.807) is 18.2 Å². The van der Waals surface area contributed by atoms with Crippen LogP contribution in [0.2, 0.25) is 0 Å². The molecule has 0 radical (unpaired) electrons. The van der Waals surface area contributed by atoms with Gasteiger partial charge >= 0.3 is 0 Å². The van der Waals surface area contributed by atoms with E-state index in [4.69, 9.17) is 11.1 Å². The Bertz CT molecular complexity index is 1460. The fourth-order valence-corrected chi connectivity index (χ4v) is 3.73. The minimum absolute atomic E-state index is 0.0147. The Hall–Kier alpha value is -4.73. The first kappa shape index (κ1) is 22.5. The van der Waals surface area contributed by atoms with Crippen molar-refractivity contribution in [1.29, 1.82) is 5.41 Å². The van der Waals surface area contributed by atoms with Crippen LogP contribution in [0.15, 0.2) is 54.6 Å². The number of nitrogens with two attached hydrogens (primary N) is 1. The topological polar surface area (TPSA) is 179 Å². The molecule has 1 aromatic heterocycles. The molecule has 1 unspecified atom stereocenters. The summed E-state index contributed by atoms with van der Waals surface area (Å²) in [6, 6.07) is 12.8. The number of rotatable bonds is 7. The monoisotopic (exact) mass is 460 g/mol. The highest BCUT2D eigenvalue weighted by Gasteiger charge is 2.22. The van der Waals surface area contributed by atoms with E-state index in [-0.39, 0.29) is 33.9 Å². The first-order chi connectivity index (χ1) is 16.2. The summed E-state index contributed by atoms with van der Waals surface area (Å²) in [6.45, 7) is 0. The van der Waals surface area contributed by atoms with Crippen molar-refractivity contribution in [2.45, 2.75) is 12.3 Å². The minimum atomic E-state index is -1.67. The van der Waals surface area contributed by atoms with Crippen molar-refractivity contribution >= 4 is 28.8 Å². The molecule has 0 saturated carbocycles. The van der Waals surface area contributed by atoms with E-state index in [0.717, 1.165) is 0 Å². The number of hydrogen-bond acceptors (Lipinski definition) is 7. The Balaban J connectivity index is 1.98. The van der Waals surface area contributed by atoms with Gasteiger partial charge in [-0.15, -0.1) is 0 Å². The molecule has 10 heteroatoms. The average Bonchev–Trinajstić information content (AvgIpc) is 3.21. The number of carbonyl (C=O) groups excluding carboxylic acids is 2. The number of halogens is 1. The maximum Gasteiger partial charge on any atom is 0.142 e. The highest BCUT2D eigenvalue weighted by Crippen LogP contribution is 2.41. The summed E-state index contributed by atoms with van der Waals surface area (Å²) in [7, 11) is 0. The number of aliphatic carboxylic acids is 2. The molecule has 0 amide bonds. The summed E-state index contributed by atoms with van der Waals surface area (Å²) in [5, 5.41) is 41.5. The number of nitrogen functional groups attached to an aromatic ring is 1. The van der Waals surface area contributed by atoms with E-state index < -0.39 is 35.8 Å². The summed E-state index contributed by atoms with van der Waals surface area (Å²) in [5.74, 6) is -6.04. The molecule has 4 rings (SSSR count). The number of amidine groups is 1. The number of hydrogen-bond donors (Lipinski definition) is 4. The third-order valence-electron chi connectivity index (χ3n) is 5.40. The van der Waals surface area contributed by atoms with Crippen molar-refractivity contribution in [1.82, 2.24) is 9.97 Å². The highest BCUT2D eigenvalue weighted by molar-refractivity contribution is 5.98. The number of benzene rings is 3. The van der Waals surface area contributed by atoms with Gasteiger partial charge in [0.2, 0.25) is 0 Å². The summed E-state index contributed by atoms with van der Waals surface area (Å²) < 4.78 is 14.6. The first-order valence-corrected chi connectivity index (χ1v) is 10.0. The van der Waals surface area contributed by atoms with Crippen LogP contribution in [0.4, 0.5) is 4.39 Å². The third kappa shape index (κ3) is 4.16. The molecule has 1 atom stereocenters. The SMILES string of the molecule is N=C(N)c1ccc2nc(-c3cc(C(CC(=O)[O-])C(=O)[O-])cc(-c4ccccc4F)c3O)[nH]c2c1. The lowest BCUT2D eigenvalue weighted by Gasteiger charge is -2.21. The van der Waals surface area contributed by atoms with Crippen LogP contribution >= 0.6 is 0 Å². The number of nitrogens with one attached hydrogen (secondary N) is 2. The number of aromatic nitrogens is 2. The van der Waals surface area contributed by atoms with Crippen LogP contribution in [0, 0.1) is 11.2 Å². The molecule has 5 N–H and O–H groups in total. The van der Waals surface area contributed by atoms with Gasteiger partial charge in [0.1, 0.15) is 23.2 Å². The molecule has 0 aliphatic rings. The van der Waals surface area contributed by atoms with E-state index in [0.29, 0.717) is 16.6 Å². The van der Waals surface area contributed by atoms with E-state index in [9.17, 15) is 29.3 Å². The van der Waals surface area contributed by atoms with Gasteiger partial charge in [-0.3, -0.25) is 5.41 Å². The number of fused-ring (bicyclic) bond motifs is 1. The first-order valence-electron chi connectivity index (χ1n) is 10.0. The highest BCUT2D eigenvalue weighted by atomic mass is 19.1. The Labute approximate surface area is 191 Å². The van der Waals surface area contributed by atoms with Crippen molar-refractivity contribution < 1.29 is 29.3 Å². The van der Waals surface area contributed by atoms with Gasteiger partial charge in [-0.05, 0) is 48.4 Å². The third-order valence-corrected chi connectivity index (χ3v) is 5.40. The van der Waals surface area contributed by atoms with Gasteiger partial charge in [0, 0.05) is 34.5 Å². The molecular weight excluding hydrogens is 443 g/mol. The lowest BCUT2D eigenvalue weighted by atomic mass is 9.89. The van der Waals surface area contributed by atoms with Gasteiger partial charge in [0.15, 0.2) is 0 Å². The second kappa shape index (κ2) is 8.66. The fraction of sp³-hybridized carbons (Fsp3) is 0.0833. The van der Waals surface area contributed by atoms with Gasteiger partial charge in [-0.1, -0.05) is 18.2 Å². The quantitative estimate of drug-likeness (QED) is 0.234. The second-order valence-corrected chi connectivity index (χ2v) is 7.62. The number of aromatic amines is 1. The molecule has 1 heterocycles. The second-order valence-electron chi connectivity index (χ2n) is 7.62. The fourth-order valence-electron chi connectivity index (χ4n) is 3.73. The van der Waals surface area contributed by atoms with Crippen LogP contribution in [0.5, 0.6) is 5.75 Å². The van der Waals surface area contributed by atoms with E-state index in [1.807, 2.05) is 0 Å². The smallest absolute Gasteiger partial charge is 0.142 e. The largest absolute Gasteiger partial charge is 0.550 e. The van der Waals surface area contributed by atoms with E-state index in [1.165, 1.54) is 36.4 Å². The number of aromatic hydroxyl groups is 1. The Morgan fingerprint density at radius 2 is 1.79 bits per heavy atom. The van der Waals surface area contributed by atoms with Crippen LogP contribution in [-0.4, -0.2) is 32.8 Å². The maximum atomic E-state index is 14.6. The standard InChI is InChI=1S/C24H19FN4O5/c25-17-4-2-1-3-13(17)15-7-12(14(24(33)34)10-20(30)31)8-16(21(15)32)23-28-18-6-5-11(22(26)27)9-19(18)29-23/h1-9,14,32H,10H2,(H3,26,27)(H,28,29)(H,30,31)(H,33,34)/p-2. The molecule has 34 heavy (non-hydrogen) atoms. The van der Waals surface area contributed by atoms with Crippen LogP contribution < -0.4 is 15.9 Å². The molecule has 0 fully saturated rings. The van der Waals surface area contributed by atoms with Crippen molar-refractivity contribution in [2.24, 2.45) is 5.73 Å². The molecule has 3 aromatic carbocycles. The van der Waals surface area contributed by atoms with Crippen LogP contribution in [-0.2, 0) is 9.59 Å². The number of phenolic OH excluding ortho intramolecular Hbond substituents is 1. The average molecular weight is 460 g/mol. The lowest BCUT2D eigenvalue weighted by molar-refractivity contribution is -0.317.